The van der Waals surface area contributed by atoms with Crippen LogP contribution in [0.25, 0.3) is 22.4 Å². The van der Waals surface area contributed by atoms with Crippen LogP contribution in [0.3, 0.4) is 0 Å². The Labute approximate surface area is 172 Å². The Morgan fingerprint density at radius 3 is 2.70 bits per heavy atom. The molecule has 3 N–H and O–H groups in total. The number of H-pyrrole nitrogens is 1. The molecule has 1 aliphatic heterocycles. The normalized spacial score (nSPS) is 19.4. The number of nitrogens with zero attached hydrogens (tertiary/aromatic N) is 4. The molecule has 0 aromatic carbocycles. The van der Waals surface area contributed by atoms with Crippen LogP contribution in [-0.4, -0.2) is 39.3 Å². The molecule has 1 saturated heterocycles. The molecule has 30 heavy (non-hydrogen) atoms. The fourth-order valence-electron chi connectivity index (χ4n) is 4.45. The number of piperidine rings is 1. The van der Waals surface area contributed by atoms with E-state index in [1.807, 2.05) is 0 Å². The zero-order valence-electron chi connectivity index (χ0n) is 17.0. The average molecular weight is 418 g/mol. The van der Waals surface area contributed by atoms with E-state index in [0.717, 1.165) is 25.3 Å². The van der Waals surface area contributed by atoms with Crippen molar-refractivity contribution in [1.29, 1.82) is 0 Å². The van der Waals surface area contributed by atoms with Gasteiger partial charge in [0.2, 0.25) is 0 Å². The third-order valence-corrected chi connectivity index (χ3v) is 6.49. The molecule has 0 bridgehead atoms. The molecule has 0 spiro atoms. The zero-order chi connectivity index (χ0) is 21.5. The summed E-state index contributed by atoms with van der Waals surface area (Å²) in [5.41, 5.74) is 5.95. The lowest BCUT2D eigenvalue weighted by Gasteiger charge is -2.47. The van der Waals surface area contributed by atoms with Gasteiger partial charge < -0.3 is 10.6 Å². The van der Waals surface area contributed by atoms with Gasteiger partial charge in [0, 0.05) is 36.1 Å². The molecule has 0 radical (unpaired) electrons. The minimum absolute atomic E-state index is 0.0697. The second-order valence-corrected chi connectivity index (χ2v) is 7.92. The Kier molecular flexibility index (Phi) is 5.17. The number of aromatic amines is 1. The summed E-state index contributed by atoms with van der Waals surface area (Å²) in [4.78, 5) is 10.6. The van der Waals surface area contributed by atoms with Gasteiger partial charge in [-0.05, 0) is 43.5 Å². The van der Waals surface area contributed by atoms with Crippen LogP contribution in [0, 0.1) is 5.41 Å². The van der Waals surface area contributed by atoms with E-state index in [-0.39, 0.29) is 22.8 Å². The molecule has 0 aliphatic carbocycles. The highest BCUT2D eigenvalue weighted by atomic mass is 19.4. The topological polar surface area (TPSA) is 83.7 Å². The molecule has 1 unspecified atom stereocenters. The number of hydrogen-bond acceptors (Lipinski definition) is 5. The Morgan fingerprint density at radius 2 is 2.00 bits per heavy atom. The zero-order valence-corrected chi connectivity index (χ0v) is 17.0. The van der Waals surface area contributed by atoms with Gasteiger partial charge in [-0.25, -0.2) is 9.97 Å². The Morgan fingerprint density at radius 1 is 1.23 bits per heavy atom. The average Bonchev–Trinajstić information content (AvgIpc) is 3.17. The number of fused-ring (bicyclic) bond motifs is 1. The van der Waals surface area contributed by atoms with Crippen LogP contribution in [-0.2, 0) is 6.18 Å². The van der Waals surface area contributed by atoms with E-state index < -0.39 is 11.7 Å². The highest BCUT2D eigenvalue weighted by Crippen LogP contribution is 2.41. The summed E-state index contributed by atoms with van der Waals surface area (Å²) in [7, 11) is 0. The van der Waals surface area contributed by atoms with Crippen LogP contribution < -0.4 is 10.6 Å². The Bertz CT molecular complexity index is 1040. The standard InChI is InChI=1S/C21H25F3N6/c1-3-20(4-2)12-30(11-9-15(20)25)16-8-7-14(21(22,23)24)18(27-16)17-13-6-5-10-26-19(13)29-28-17/h5-8,10,15H,3-4,9,11-12,25H2,1-2H3,(H,26,28,29). The summed E-state index contributed by atoms with van der Waals surface area (Å²) in [5, 5.41) is 7.26. The fourth-order valence-corrected chi connectivity index (χ4v) is 4.45. The van der Waals surface area contributed by atoms with Gasteiger partial charge in [0.1, 0.15) is 11.5 Å². The molecule has 0 saturated carbocycles. The molecule has 4 heterocycles. The first-order chi connectivity index (χ1) is 14.3. The van der Waals surface area contributed by atoms with Crippen molar-refractivity contribution in [3.8, 4) is 11.4 Å². The van der Waals surface area contributed by atoms with Gasteiger partial charge in [-0.15, -0.1) is 0 Å². The van der Waals surface area contributed by atoms with E-state index in [1.54, 1.807) is 18.3 Å². The number of nitrogens with two attached hydrogens (primary N) is 1. The first-order valence-electron chi connectivity index (χ1n) is 10.2. The second kappa shape index (κ2) is 7.54. The third kappa shape index (κ3) is 3.40. The molecule has 1 fully saturated rings. The van der Waals surface area contributed by atoms with E-state index >= 15 is 0 Å². The number of rotatable bonds is 4. The predicted octanol–water partition coefficient (Wildman–Crippen LogP) is 4.38. The first kappa shape index (κ1) is 20.6. The Hall–Kier alpha value is -2.68. The maximum Gasteiger partial charge on any atom is 0.418 e. The summed E-state index contributed by atoms with van der Waals surface area (Å²) < 4.78 is 41.3. The summed E-state index contributed by atoms with van der Waals surface area (Å²) in [6.07, 6.45) is -0.400. The smallest absolute Gasteiger partial charge is 0.356 e. The minimum Gasteiger partial charge on any atom is -0.356 e. The van der Waals surface area contributed by atoms with Crippen LogP contribution in [0.5, 0.6) is 0 Å². The van der Waals surface area contributed by atoms with Gasteiger partial charge in [-0.2, -0.15) is 18.3 Å². The molecular formula is C21H25F3N6. The largest absolute Gasteiger partial charge is 0.418 e. The van der Waals surface area contributed by atoms with Crippen LogP contribution >= 0.6 is 0 Å². The monoisotopic (exact) mass is 418 g/mol. The van der Waals surface area contributed by atoms with Crippen LogP contribution in [0.1, 0.15) is 38.7 Å². The van der Waals surface area contributed by atoms with Crippen molar-refractivity contribution < 1.29 is 13.2 Å². The van der Waals surface area contributed by atoms with E-state index in [9.17, 15) is 13.2 Å². The Balaban J connectivity index is 1.82. The number of alkyl halides is 3. The molecule has 160 valence electrons. The lowest BCUT2D eigenvalue weighted by atomic mass is 9.72. The molecule has 3 aromatic heterocycles. The van der Waals surface area contributed by atoms with E-state index in [4.69, 9.17) is 5.73 Å². The van der Waals surface area contributed by atoms with E-state index in [0.29, 0.717) is 29.9 Å². The van der Waals surface area contributed by atoms with Crippen molar-refractivity contribution in [3.05, 3.63) is 36.0 Å². The predicted molar refractivity (Wildman–Crippen MR) is 110 cm³/mol. The fraction of sp³-hybridized carbons (Fsp3) is 0.476. The van der Waals surface area contributed by atoms with Crippen molar-refractivity contribution in [3.63, 3.8) is 0 Å². The lowest BCUT2D eigenvalue weighted by Crippen LogP contribution is -2.55. The maximum absolute atomic E-state index is 13.8. The van der Waals surface area contributed by atoms with Crippen molar-refractivity contribution in [2.45, 2.75) is 45.3 Å². The molecule has 9 heteroatoms. The van der Waals surface area contributed by atoms with Crippen molar-refractivity contribution in [2.24, 2.45) is 11.1 Å². The minimum atomic E-state index is -4.54. The molecule has 4 rings (SSSR count). The molecule has 3 aromatic rings. The molecule has 1 aliphatic rings. The molecule has 6 nitrogen and oxygen atoms in total. The van der Waals surface area contributed by atoms with Crippen LogP contribution in [0.4, 0.5) is 19.0 Å². The summed E-state index contributed by atoms with van der Waals surface area (Å²) in [6, 6.07) is 5.99. The summed E-state index contributed by atoms with van der Waals surface area (Å²) in [5.74, 6) is 0.516. The van der Waals surface area contributed by atoms with Crippen molar-refractivity contribution in [2.75, 3.05) is 18.0 Å². The number of aromatic nitrogens is 4. The quantitative estimate of drug-likeness (QED) is 0.657. The van der Waals surface area contributed by atoms with Crippen molar-refractivity contribution in [1.82, 2.24) is 20.2 Å². The van der Waals surface area contributed by atoms with Gasteiger partial charge in [0.05, 0.1) is 11.3 Å². The van der Waals surface area contributed by atoms with Gasteiger partial charge >= 0.3 is 6.18 Å². The van der Waals surface area contributed by atoms with Gasteiger partial charge in [-0.3, -0.25) is 5.10 Å². The maximum atomic E-state index is 13.8. The van der Waals surface area contributed by atoms with Gasteiger partial charge in [0.25, 0.3) is 0 Å². The van der Waals surface area contributed by atoms with Gasteiger partial charge in [0.15, 0.2) is 5.65 Å². The highest BCUT2D eigenvalue weighted by Gasteiger charge is 2.40. The SMILES string of the molecule is CCC1(CC)CN(c2ccc(C(F)(F)F)c(-c3[nH]nc4ncccc34)n2)CCC1N. The second-order valence-electron chi connectivity index (χ2n) is 7.92. The number of anilines is 1. The first-order valence-corrected chi connectivity index (χ1v) is 10.2. The third-order valence-electron chi connectivity index (χ3n) is 6.49. The summed E-state index contributed by atoms with van der Waals surface area (Å²) >= 11 is 0. The molecular weight excluding hydrogens is 393 g/mol. The lowest BCUT2D eigenvalue weighted by molar-refractivity contribution is -0.137. The van der Waals surface area contributed by atoms with Crippen molar-refractivity contribution >= 4 is 16.9 Å². The van der Waals surface area contributed by atoms with E-state index in [2.05, 4.69) is 38.9 Å². The molecule has 0 amide bonds. The van der Waals surface area contributed by atoms with E-state index in [1.165, 1.54) is 6.07 Å². The number of pyridine rings is 2. The highest BCUT2D eigenvalue weighted by molar-refractivity contribution is 5.90. The summed E-state index contributed by atoms with van der Waals surface area (Å²) in [6.45, 7) is 5.56. The van der Waals surface area contributed by atoms with Crippen LogP contribution in [0.2, 0.25) is 0 Å². The van der Waals surface area contributed by atoms with Crippen LogP contribution in [0.15, 0.2) is 30.5 Å². The number of halogens is 3. The number of nitrogens with one attached hydrogen (secondary N) is 1. The number of hydrogen-bond donors (Lipinski definition) is 2. The van der Waals surface area contributed by atoms with Gasteiger partial charge in [-0.1, -0.05) is 13.8 Å². The molecule has 1 atom stereocenters.